The van der Waals surface area contributed by atoms with Crippen LogP contribution < -0.4 is 15.4 Å². The molecule has 2 N–H and O–H groups in total. The van der Waals surface area contributed by atoms with Crippen LogP contribution in [0.3, 0.4) is 0 Å². The zero-order valence-corrected chi connectivity index (χ0v) is 23.3. The summed E-state index contributed by atoms with van der Waals surface area (Å²) in [6.45, 7) is 2.41. The van der Waals surface area contributed by atoms with Crippen LogP contribution in [-0.2, 0) is 6.61 Å². The molecule has 4 aromatic carbocycles. The van der Waals surface area contributed by atoms with Crippen LogP contribution in [0.2, 0.25) is 10.0 Å². The fraction of sp³-hybridized carbons (Fsp3) is 0.156. The Hall–Kier alpha value is -4.13. The van der Waals surface area contributed by atoms with Gasteiger partial charge in [0.2, 0.25) is 5.95 Å². The van der Waals surface area contributed by atoms with Crippen molar-refractivity contribution >= 4 is 51.6 Å². The average molecular weight is 569 g/mol. The average Bonchev–Trinajstić information content (AvgIpc) is 3.78. The lowest BCUT2D eigenvalue weighted by Crippen LogP contribution is -2.25. The summed E-state index contributed by atoms with van der Waals surface area (Å²) in [5, 5.41) is 7.98. The van der Waals surface area contributed by atoms with Crippen molar-refractivity contribution in [2.45, 2.75) is 32.4 Å². The number of rotatable bonds is 8. The van der Waals surface area contributed by atoms with Gasteiger partial charge in [-0.1, -0.05) is 65.7 Å². The second-order valence-corrected chi connectivity index (χ2v) is 10.7. The number of hydrogen-bond donors (Lipinski definition) is 2. The van der Waals surface area contributed by atoms with Crippen LogP contribution >= 0.6 is 23.2 Å². The summed E-state index contributed by atoms with van der Waals surface area (Å²) in [5.41, 5.74) is 5.70. The summed E-state index contributed by atoms with van der Waals surface area (Å²) in [4.78, 5) is 22.1. The number of anilines is 2. The van der Waals surface area contributed by atoms with E-state index in [9.17, 15) is 4.79 Å². The summed E-state index contributed by atoms with van der Waals surface area (Å²) in [7, 11) is 0. The van der Waals surface area contributed by atoms with E-state index in [1.807, 2.05) is 67.6 Å². The van der Waals surface area contributed by atoms with Gasteiger partial charge < -0.3 is 15.4 Å². The highest BCUT2D eigenvalue weighted by Crippen LogP contribution is 2.38. The molecule has 0 aliphatic heterocycles. The molecule has 0 saturated heterocycles. The Balaban J connectivity index is 1.41. The van der Waals surface area contributed by atoms with E-state index in [0.717, 1.165) is 40.5 Å². The molecule has 1 heterocycles. The molecule has 6 nitrogen and oxygen atoms in total. The fourth-order valence-electron chi connectivity index (χ4n) is 4.46. The maximum Gasteiger partial charge on any atom is 0.251 e. The highest BCUT2D eigenvalue weighted by atomic mass is 35.5. The van der Waals surface area contributed by atoms with Gasteiger partial charge >= 0.3 is 0 Å². The predicted molar refractivity (Wildman–Crippen MR) is 161 cm³/mol. The largest absolute Gasteiger partial charge is 0.488 e. The van der Waals surface area contributed by atoms with Crippen LogP contribution in [0.1, 0.15) is 34.3 Å². The lowest BCUT2D eigenvalue weighted by Gasteiger charge is -2.16. The smallest absolute Gasteiger partial charge is 0.251 e. The monoisotopic (exact) mass is 568 g/mol. The van der Waals surface area contributed by atoms with Crippen molar-refractivity contribution in [3.8, 4) is 16.9 Å². The maximum atomic E-state index is 12.8. The van der Waals surface area contributed by atoms with Gasteiger partial charge in [0.1, 0.15) is 12.4 Å². The van der Waals surface area contributed by atoms with Crippen molar-refractivity contribution in [2.75, 3.05) is 5.32 Å². The molecule has 1 aliphatic rings. The molecule has 1 aliphatic carbocycles. The van der Waals surface area contributed by atoms with Crippen LogP contribution in [-0.4, -0.2) is 21.9 Å². The highest BCUT2D eigenvalue weighted by Gasteiger charge is 2.24. The van der Waals surface area contributed by atoms with E-state index < -0.39 is 0 Å². The van der Waals surface area contributed by atoms with Crippen LogP contribution in [0.4, 0.5) is 11.6 Å². The van der Waals surface area contributed by atoms with Gasteiger partial charge in [0.05, 0.1) is 21.2 Å². The Morgan fingerprint density at radius 2 is 1.73 bits per heavy atom. The van der Waals surface area contributed by atoms with Gasteiger partial charge in [0, 0.05) is 34.8 Å². The minimum atomic E-state index is -0.0615. The third kappa shape index (κ3) is 5.74. The SMILES string of the molecule is Cc1ccc(C(=O)NC2CC2)cc1-c1cc2cnc(Nc3c(Cl)cccc3Cl)nc2cc1OCc1ccccc1. The molecule has 200 valence electrons. The van der Waals surface area contributed by atoms with Gasteiger partial charge in [-0.3, -0.25) is 4.79 Å². The molecule has 1 amide bonds. The van der Waals surface area contributed by atoms with Crippen molar-refractivity contribution in [3.63, 3.8) is 0 Å². The molecular weight excluding hydrogens is 543 g/mol. The summed E-state index contributed by atoms with van der Waals surface area (Å²) in [6.07, 6.45) is 3.82. The van der Waals surface area contributed by atoms with Crippen LogP contribution in [0, 0.1) is 6.92 Å². The molecule has 0 spiro atoms. The van der Waals surface area contributed by atoms with Crippen LogP contribution in [0.15, 0.2) is 85.1 Å². The summed E-state index contributed by atoms with van der Waals surface area (Å²) in [6, 6.07) is 25.2. The van der Waals surface area contributed by atoms with E-state index in [0.29, 0.717) is 45.1 Å². The first-order chi connectivity index (χ1) is 19.4. The molecule has 1 fully saturated rings. The molecular formula is C32H26Cl2N4O2. The minimum Gasteiger partial charge on any atom is -0.488 e. The summed E-state index contributed by atoms with van der Waals surface area (Å²) >= 11 is 12.7. The normalized spacial score (nSPS) is 12.8. The van der Waals surface area contributed by atoms with Crippen molar-refractivity contribution in [1.29, 1.82) is 0 Å². The van der Waals surface area contributed by atoms with Crippen LogP contribution in [0.5, 0.6) is 5.75 Å². The summed E-state index contributed by atoms with van der Waals surface area (Å²) in [5.74, 6) is 0.951. The number of ether oxygens (including phenoxy) is 1. The Morgan fingerprint density at radius 3 is 2.48 bits per heavy atom. The van der Waals surface area contributed by atoms with E-state index in [-0.39, 0.29) is 11.9 Å². The molecule has 0 bridgehead atoms. The third-order valence-corrected chi connectivity index (χ3v) is 7.45. The number of carbonyl (C=O) groups is 1. The first kappa shape index (κ1) is 26.1. The van der Waals surface area contributed by atoms with E-state index in [1.54, 1.807) is 24.4 Å². The van der Waals surface area contributed by atoms with E-state index in [2.05, 4.69) is 15.6 Å². The number of nitrogens with zero attached hydrogens (tertiary/aromatic N) is 2. The van der Waals surface area contributed by atoms with Crippen LogP contribution in [0.25, 0.3) is 22.0 Å². The van der Waals surface area contributed by atoms with Crippen molar-refractivity contribution < 1.29 is 9.53 Å². The topological polar surface area (TPSA) is 76.1 Å². The molecule has 5 aromatic rings. The molecule has 6 rings (SSSR count). The Kier molecular flexibility index (Phi) is 7.29. The lowest BCUT2D eigenvalue weighted by atomic mass is 9.96. The predicted octanol–water partition coefficient (Wildman–Crippen LogP) is 8.13. The zero-order chi connectivity index (χ0) is 27.6. The number of hydrogen-bond acceptors (Lipinski definition) is 5. The molecule has 1 saturated carbocycles. The van der Waals surface area contributed by atoms with E-state index in [4.69, 9.17) is 32.9 Å². The number of halogens is 2. The number of fused-ring (bicyclic) bond motifs is 1. The first-order valence-electron chi connectivity index (χ1n) is 13.0. The van der Waals surface area contributed by atoms with Gasteiger partial charge in [-0.2, -0.15) is 0 Å². The number of aromatic nitrogens is 2. The van der Waals surface area contributed by atoms with Gasteiger partial charge in [-0.05, 0) is 66.8 Å². The van der Waals surface area contributed by atoms with Crippen molar-refractivity contribution in [3.05, 3.63) is 112 Å². The fourth-order valence-corrected chi connectivity index (χ4v) is 4.96. The first-order valence-corrected chi connectivity index (χ1v) is 13.8. The second-order valence-electron chi connectivity index (χ2n) is 9.87. The van der Waals surface area contributed by atoms with Gasteiger partial charge in [-0.25, -0.2) is 9.97 Å². The molecule has 1 aromatic heterocycles. The van der Waals surface area contributed by atoms with Gasteiger partial charge in [-0.15, -0.1) is 0 Å². The quantitative estimate of drug-likeness (QED) is 0.197. The molecule has 0 atom stereocenters. The Bertz CT molecular complexity index is 1700. The number of para-hydroxylation sites is 1. The number of nitrogens with one attached hydrogen (secondary N) is 2. The second kappa shape index (κ2) is 11.2. The number of carbonyl (C=O) groups excluding carboxylic acids is 1. The number of benzene rings is 4. The highest BCUT2D eigenvalue weighted by molar-refractivity contribution is 6.39. The zero-order valence-electron chi connectivity index (χ0n) is 21.7. The molecule has 40 heavy (non-hydrogen) atoms. The number of aryl methyl sites for hydroxylation is 1. The molecule has 0 unspecified atom stereocenters. The van der Waals surface area contributed by atoms with Crippen molar-refractivity contribution in [1.82, 2.24) is 15.3 Å². The third-order valence-electron chi connectivity index (χ3n) is 6.82. The Morgan fingerprint density at radius 1 is 0.950 bits per heavy atom. The Labute approximate surface area is 242 Å². The maximum absolute atomic E-state index is 12.8. The van der Waals surface area contributed by atoms with Gasteiger partial charge in [0.25, 0.3) is 5.91 Å². The molecule has 0 radical (unpaired) electrons. The summed E-state index contributed by atoms with van der Waals surface area (Å²) < 4.78 is 6.39. The van der Waals surface area contributed by atoms with Crippen molar-refractivity contribution in [2.24, 2.45) is 0 Å². The lowest BCUT2D eigenvalue weighted by molar-refractivity contribution is 0.0951. The number of amides is 1. The standard InChI is InChI=1S/C32H26Cl2N4O2/c1-19-10-11-21(31(39)36-23-12-13-23)14-24(19)25-15-22-17-35-32(38-30-26(33)8-5-9-27(30)34)37-28(22)16-29(25)40-18-20-6-3-2-4-7-20/h2-11,14-17,23H,12-13,18H2,1H3,(H,36,39)(H,35,37,38). The van der Waals surface area contributed by atoms with E-state index in [1.165, 1.54) is 0 Å². The molecule has 8 heteroatoms. The van der Waals surface area contributed by atoms with E-state index >= 15 is 0 Å². The van der Waals surface area contributed by atoms with Gasteiger partial charge in [0.15, 0.2) is 0 Å². The minimum absolute atomic E-state index is 0.0615.